The minimum absolute atomic E-state index is 0.311. The lowest BCUT2D eigenvalue weighted by Gasteiger charge is -2.07. The maximum absolute atomic E-state index is 13.6. The minimum Gasteiger partial charge on any atom is -0.476 e. The van der Waals surface area contributed by atoms with Crippen LogP contribution in [0.4, 0.5) is 10.1 Å². The van der Waals surface area contributed by atoms with Gasteiger partial charge < -0.3 is 10.1 Å². The number of carbonyl (C=O) groups is 1. The fourth-order valence-corrected chi connectivity index (χ4v) is 2.08. The Bertz CT molecular complexity index is 682. The number of hydrogen-bond donors (Lipinski definition) is 1. The number of halogens is 1. The number of carbonyl (C=O) groups excluding carboxylic acids is 1. The van der Waals surface area contributed by atoms with Crippen LogP contribution >= 0.6 is 0 Å². The average molecular weight is 319 g/mol. The molecule has 23 heavy (non-hydrogen) atoms. The van der Waals surface area contributed by atoms with Gasteiger partial charge in [0, 0.05) is 18.4 Å². The van der Waals surface area contributed by atoms with Crippen molar-refractivity contribution in [3.8, 4) is 5.88 Å². The second-order valence-corrected chi connectivity index (χ2v) is 5.38. The number of anilines is 1. The normalized spacial score (nSPS) is 10.6. The van der Waals surface area contributed by atoms with Crippen molar-refractivity contribution in [2.24, 2.45) is 0 Å². The average Bonchev–Trinajstić information content (AvgIpc) is 2.92. The molecule has 124 valence electrons. The summed E-state index contributed by atoms with van der Waals surface area (Å²) in [6, 6.07) is 4.59. The van der Waals surface area contributed by atoms with Gasteiger partial charge in [0.15, 0.2) is 0 Å². The van der Waals surface area contributed by atoms with Crippen molar-refractivity contribution in [1.82, 2.24) is 9.78 Å². The number of aryl methyl sites for hydroxylation is 2. The third-order valence-corrected chi connectivity index (χ3v) is 3.30. The Morgan fingerprint density at radius 3 is 2.78 bits per heavy atom. The van der Waals surface area contributed by atoms with Crippen LogP contribution in [0.2, 0.25) is 0 Å². The molecule has 1 aromatic carbocycles. The second kappa shape index (κ2) is 7.76. The number of amides is 1. The molecule has 0 saturated heterocycles. The van der Waals surface area contributed by atoms with Crippen molar-refractivity contribution >= 4 is 11.6 Å². The molecule has 1 aromatic heterocycles. The lowest BCUT2D eigenvalue weighted by Crippen LogP contribution is -2.13. The topological polar surface area (TPSA) is 56.2 Å². The fourth-order valence-electron chi connectivity index (χ4n) is 2.08. The second-order valence-electron chi connectivity index (χ2n) is 5.38. The molecule has 1 amide bonds. The van der Waals surface area contributed by atoms with E-state index in [1.807, 2.05) is 13.8 Å². The third-order valence-electron chi connectivity index (χ3n) is 3.30. The van der Waals surface area contributed by atoms with Crippen LogP contribution in [0.5, 0.6) is 5.88 Å². The zero-order valence-electron chi connectivity index (χ0n) is 13.7. The van der Waals surface area contributed by atoms with Gasteiger partial charge in [-0.15, -0.1) is 5.10 Å². The maximum atomic E-state index is 13.6. The summed E-state index contributed by atoms with van der Waals surface area (Å²) in [5.41, 5.74) is 1.29. The van der Waals surface area contributed by atoms with Crippen LogP contribution in [0.15, 0.2) is 24.4 Å². The minimum atomic E-state index is -0.360. The summed E-state index contributed by atoms with van der Waals surface area (Å²) >= 11 is 0. The van der Waals surface area contributed by atoms with Gasteiger partial charge in [-0.05, 0) is 37.5 Å². The first-order valence-corrected chi connectivity index (χ1v) is 7.82. The number of rotatable bonds is 7. The third kappa shape index (κ3) is 4.31. The van der Waals surface area contributed by atoms with E-state index in [2.05, 4.69) is 10.4 Å². The SMILES string of the molecule is CCCOc1nn(CCC)cc1C(=O)Nc1ccc(C)c(F)c1. The molecule has 1 N–H and O–H groups in total. The van der Waals surface area contributed by atoms with Gasteiger partial charge in [-0.25, -0.2) is 4.39 Å². The van der Waals surface area contributed by atoms with E-state index in [1.165, 1.54) is 6.07 Å². The highest BCUT2D eigenvalue weighted by atomic mass is 19.1. The number of aromatic nitrogens is 2. The van der Waals surface area contributed by atoms with Crippen molar-refractivity contribution in [3.05, 3.63) is 41.3 Å². The number of benzene rings is 1. The summed E-state index contributed by atoms with van der Waals surface area (Å²) in [6.45, 7) is 6.88. The molecule has 0 aliphatic carbocycles. The number of ether oxygens (including phenoxy) is 1. The van der Waals surface area contributed by atoms with Crippen LogP contribution in [-0.4, -0.2) is 22.3 Å². The zero-order valence-corrected chi connectivity index (χ0v) is 13.7. The molecule has 0 fully saturated rings. The largest absolute Gasteiger partial charge is 0.476 e. The predicted molar refractivity (Wildman–Crippen MR) is 87.4 cm³/mol. The van der Waals surface area contributed by atoms with Gasteiger partial charge in [-0.2, -0.15) is 0 Å². The highest BCUT2D eigenvalue weighted by molar-refractivity contribution is 6.05. The molecule has 1 heterocycles. The Labute approximate surface area is 135 Å². The smallest absolute Gasteiger partial charge is 0.262 e. The van der Waals surface area contributed by atoms with Gasteiger partial charge in [0.2, 0.25) is 5.88 Å². The van der Waals surface area contributed by atoms with Gasteiger partial charge in [0.05, 0.1) is 6.61 Å². The number of hydrogen-bond acceptors (Lipinski definition) is 3. The molecule has 6 heteroatoms. The van der Waals surface area contributed by atoms with Crippen molar-refractivity contribution in [1.29, 1.82) is 0 Å². The number of nitrogens with zero attached hydrogens (tertiary/aromatic N) is 2. The lowest BCUT2D eigenvalue weighted by atomic mass is 10.2. The molecular formula is C17H22FN3O2. The summed E-state index contributed by atoms with van der Waals surface area (Å²) in [4.78, 5) is 12.4. The van der Waals surface area contributed by atoms with E-state index in [1.54, 1.807) is 29.9 Å². The lowest BCUT2D eigenvalue weighted by molar-refractivity contribution is 0.102. The van der Waals surface area contributed by atoms with E-state index in [0.717, 1.165) is 12.8 Å². The highest BCUT2D eigenvalue weighted by Crippen LogP contribution is 2.20. The van der Waals surface area contributed by atoms with Crippen molar-refractivity contribution < 1.29 is 13.9 Å². The molecule has 0 unspecified atom stereocenters. The van der Waals surface area contributed by atoms with Crippen LogP contribution in [0.25, 0.3) is 0 Å². The summed E-state index contributed by atoms with van der Waals surface area (Å²) in [5.74, 6) is -0.404. The highest BCUT2D eigenvalue weighted by Gasteiger charge is 2.18. The molecule has 0 saturated carbocycles. The van der Waals surface area contributed by atoms with Crippen molar-refractivity contribution in [2.75, 3.05) is 11.9 Å². The maximum Gasteiger partial charge on any atom is 0.262 e. The standard InChI is InChI=1S/C17H22FN3O2/c1-4-8-21-11-14(17(20-21)23-9-5-2)16(22)19-13-7-6-12(3)15(18)10-13/h6-7,10-11H,4-5,8-9H2,1-3H3,(H,19,22). The quantitative estimate of drug-likeness (QED) is 0.845. The van der Waals surface area contributed by atoms with E-state index < -0.39 is 0 Å². The summed E-state index contributed by atoms with van der Waals surface area (Å²) in [7, 11) is 0. The molecular weight excluding hydrogens is 297 g/mol. The van der Waals surface area contributed by atoms with Gasteiger partial charge in [0.25, 0.3) is 5.91 Å². The van der Waals surface area contributed by atoms with E-state index in [4.69, 9.17) is 4.74 Å². The Morgan fingerprint density at radius 1 is 1.35 bits per heavy atom. The van der Waals surface area contributed by atoms with Crippen LogP contribution in [0, 0.1) is 12.7 Å². The Morgan fingerprint density at radius 2 is 2.13 bits per heavy atom. The molecule has 5 nitrogen and oxygen atoms in total. The molecule has 2 aromatic rings. The first kappa shape index (κ1) is 17.0. The zero-order chi connectivity index (χ0) is 16.8. The van der Waals surface area contributed by atoms with Crippen molar-refractivity contribution in [2.45, 2.75) is 40.2 Å². The van der Waals surface area contributed by atoms with Crippen LogP contribution in [-0.2, 0) is 6.54 Å². The molecule has 0 bridgehead atoms. The first-order valence-electron chi connectivity index (χ1n) is 7.82. The number of nitrogens with one attached hydrogen (secondary N) is 1. The van der Waals surface area contributed by atoms with Crippen LogP contribution < -0.4 is 10.1 Å². The van der Waals surface area contributed by atoms with Gasteiger partial charge in [-0.1, -0.05) is 19.9 Å². The summed E-state index contributed by atoms with van der Waals surface area (Å²) in [5, 5.41) is 6.98. The Kier molecular flexibility index (Phi) is 5.73. The molecule has 0 aliphatic rings. The molecule has 0 aliphatic heterocycles. The van der Waals surface area contributed by atoms with E-state index in [9.17, 15) is 9.18 Å². The first-order chi connectivity index (χ1) is 11.0. The monoisotopic (exact) mass is 319 g/mol. The predicted octanol–water partition coefficient (Wildman–Crippen LogP) is 3.78. The van der Waals surface area contributed by atoms with Crippen molar-refractivity contribution in [3.63, 3.8) is 0 Å². The Balaban J connectivity index is 2.20. The molecule has 2 rings (SSSR count). The molecule has 0 radical (unpaired) electrons. The molecule has 0 atom stereocenters. The summed E-state index contributed by atoms with van der Waals surface area (Å²) < 4.78 is 20.8. The van der Waals surface area contributed by atoms with Crippen LogP contribution in [0.1, 0.15) is 42.6 Å². The van der Waals surface area contributed by atoms with Gasteiger partial charge >= 0.3 is 0 Å². The van der Waals surface area contributed by atoms with Gasteiger partial charge in [-0.3, -0.25) is 9.48 Å². The fraction of sp³-hybridized carbons (Fsp3) is 0.412. The van der Waals surface area contributed by atoms with E-state index in [0.29, 0.717) is 35.8 Å². The Hall–Kier alpha value is -2.37. The summed E-state index contributed by atoms with van der Waals surface area (Å²) in [6.07, 6.45) is 3.39. The van der Waals surface area contributed by atoms with E-state index >= 15 is 0 Å². The van der Waals surface area contributed by atoms with E-state index in [-0.39, 0.29) is 11.7 Å². The van der Waals surface area contributed by atoms with Gasteiger partial charge in [0.1, 0.15) is 11.4 Å². The van der Waals surface area contributed by atoms with Crippen LogP contribution in [0.3, 0.4) is 0 Å². The molecule has 0 spiro atoms.